The minimum absolute atomic E-state index is 0.504. The minimum atomic E-state index is 0.504. The molecule has 0 aliphatic carbocycles. The number of likely N-dealkylation sites (tertiary alicyclic amines) is 1. The number of nitrogens with one attached hydrogen (secondary N) is 2. The lowest BCUT2D eigenvalue weighted by molar-refractivity contribution is 0.248. The predicted molar refractivity (Wildman–Crippen MR) is 153 cm³/mol. The van der Waals surface area contributed by atoms with E-state index < -0.39 is 0 Å². The SMILES string of the molecule is C=Cc1nccc2cc(-c3cncnc3)nc(Nc3ccc4c(C5CCCCN(CC)CC5)[nH]nc4c3)c12. The van der Waals surface area contributed by atoms with Gasteiger partial charge in [-0.25, -0.2) is 15.0 Å². The van der Waals surface area contributed by atoms with Crippen molar-refractivity contribution in [1.29, 1.82) is 0 Å². The van der Waals surface area contributed by atoms with Crippen molar-refractivity contribution < 1.29 is 0 Å². The summed E-state index contributed by atoms with van der Waals surface area (Å²) in [5.74, 6) is 1.21. The standard InChI is InChI=1S/C30H32N8/c1-3-25-28-21(10-12-33-25)15-26(22-17-31-19-32-18-22)35-30(28)34-23-8-9-24-27(16-23)36-37-29(24)20-7-5-6-13-38(4-2)14-11-20/h3,8-10,12,15-20H,1,4-7,11,13-14H2,2H3,(H,34,35)(H,36,37). The van der Waals surface area contributed by atoms with Crippen LogP contribution in [0.4, 0.5) is 11.5 Å². The molecule has 5 heterocycles. The summed E-state index contributed by atoms with van der Waals surface area (Å²) in [4.78, 5) is 20.4. The maximum Gasteiger partial charge on any atom is 0.141 e. The van der Waals surface area contributed by atoms with Crippen LogP contribution in [-0.4, -0.2) is 54.7 Å². The third-order valence-electron chi connectivity index (χ3n) is 7.60. The van der Waals surface area contributed by atoms with E-state index in [2.05, 4.69) is 62.0 Å². The first-order chi connectivity index (χ1) is 18.7. The van der Waals surface area contributed by atoms with Crippen LogP contribution in [0.5, 0.6) is 0 Å². The molecular weight excluding hydrogens is 472 g/mol. The first-order valence-electron chi connectivity index (χ1n) is 13.4. The number of anilines is 2. The van der Waals surface area contributed by atoms with Crippen LogP contribution >= 0.6 is 0 Å². The molecule has 8 nitrogen and oxygen atoms in total. The monoisotopic (exact) mass is 504 g/mol. The first-order valence-corrected chi connectivity index (χ1v) is 13.4. The van der Waals surface area contributed by atoms with Gasteiger partial charge in [-0.05, 0) is 80.7 Å². The highest BCUT2D eigenvalue weighted by atomic mass is 15.1. The van der Waals surface area contributed by atoms with E-state index in [0.717, 1.165) is 58.4 Å². The number of aromatic nitrogens is 6. The van der Waals surface area contributed by atoms with E-state index in [4.69, 9.17) is 10.1 Å². The van der Waals surface area contributed by atoms with Gasteiger partial charge in [-0.15, -0.1) is 0 Å². The highest BCUT2D eigenvalue weighted by Gasteiger charge is 2.21. The van der Waals surface area contributed by atoms with Crippen LogP contribution in [0.2, 0.25) is 0 Å². The van der Waals surface area contributed by atoms with Crippen molar-refractivity contribution in [2.75, 3.05) is 25.0 Å². The van der Waals surface area contributed by atoms with Crippen molar-refractivity contribution in [2.45, 2.75) is 38.5 Å². The summed E-state index contributed by atoms with van der Waals surface area (Å²) in [6.07, 6.45) is 13.5. The van der Waals surface area contributed by atoms with Gasteiger partial charge in [0.1, 0.15) is 12.1 Å². The molecule has 0 bridgehead atoms. The molecule has 0 amide bonds. The quantitative estimate of drug-likeness (QED) is 0.279. The van der Waals surface area contributed by atoms with E-state index in [1.54, 1.807) is 24.7 Å². The molecule has 4 aromatic heterocycles. The number of pyridine rings is 2. The van der Waals surface area contributed by atoms with Gasteiger partial charge in [0.15, 0.2) is 0 Å². The zero-order chi connectivity index (χ0) is 25.9. The zero-order valence-electron chi connectivity index (χ0n) is 21.7. The number of fused-ring (bicyclic) bond motifs is 2. The average Bonchev–Trinajstić information content (AvgIpc) is 3.36. The molecule has 1 fully saturated rings. The second-order valence-electron chi connectivity index (χ2n) is 9.89. The van der Waals surface area contributed by atoms with E-state index >= 15 is 0 Å². The Labute approximate surface area is 222 Å². The zero-order valence-corrected chi connectivity index (χ0v) is 21.7. The van der Waals surface area contributed by atoms with E-state index in [9.17, 15) is 0 Å². The Balaban J connectivity index is 1.35. The molecule has 0 saturated carbocycles. The number of benzene rings is 1. The normalized spacial score (nSPS) is 16.8. The summed E-state index contributed by atoms with van der Waals surface area (Å²) in [5.41, 5.74) is 5.55. The van der Waals surface area contributed by atoms with Crippen molar-refractivity contribution in [1.82, 2.24) is 35.0 Å². The molecule has 6 rings (SSSR count). The second kappa shape index (κ2) is 10.7. The number of hydrogen-bond donors (Lipinski definition) is 2. The Morgan fingerprint density at radius 1 is 1.11 bits per heavy atom. The van der Waals surface area contributed by atoms with Gasteiger partial charge in [-0.1, -0.05) is 19.9 Å². The summed E-state index contributed by atoms with van der Waals surface area (Å²) in [5, 5.41) is 14.8. The lowest BCUT2D eigenvalue weighted by Crippen LogP contribution is -2.28. The van der Waals surface area contributed by atoms with Gasteiger partial charge in [0, 0.05) is 46.8 Å². The van der Waals surface area contributed by atoms with E-state index in [-0.39, 0.29) is 0 Å². The molecule has 0 radical (unpaired) electrons. The molecule has 1 atom stereocenters. The number of H-pyrrole nitrogens is 1. The Bertz CT molecular complexity index is 1580. The highest BCUT2D eigenvalue weighted by Crippen LogP contribution is 2.35. The van der Waals surface area contributed by atoms with Gasteiger partial charge in [-0.2, -0.15) is 5.10 Å². The largest absolute Gasteiger partial charge is 0.340 e. The maximum absolute atomic E-state index is 4.96. The Hall–Kier alpha value is -4.17. The lowest BCUT2D eigenvalue weighted by Gasteiger charge is -2.27. The Morgan fingerprint density at radius 3 is 2.84 bits per heavy atom. The minimum Gasteiger partial charge on any atom is -0.340 e. The van der Waals surface area contributed by atoms with Gasteiger partial charge < -0.3 is 10.2 Å². The predicted octanol–water partition coefficient (Wildman–Crippen LogP) is 6.33. The lowest BCUT2D eigenvalue weighted by atomic mass is 9.91. The van der Waals surface area contributed by atoms with Gasteiger partial charge in [0.2, 0.25) is 0 Å². The third kappa shape index (κ3) is 4.75. The van der Waals surface area contributed by atoms with Crippen LogP contribution in [0.1, 0.15) is 49.9 Å². The van der Waals surface area contributed by atoms with Gasteiger partial charge in [0.25, 0.3) is 0 Å². The van der Waals surface area contributed by atoms with Crippen LogP contribution in [0.15, 0.2) is 61.8 Å². The molecule has 2 N–H and O–H groups in total. The van der Waals surface area contributed by atoms with Crippen LogP contribution in [-0.2, 0) is 0 Å². The molecule has 1 aliphatic heterocycles. The Morgan fingerprint density at radius 2 is 2.00 bits per heavy atom. The molecule has 0 spiro atoms. The van der Waals surface area contributed by atoms with Crippen LogP contribution in [0.3, 0.4) is 0 Å². The molecule has 1 saturated heterocycles. The molecule has 192 valence electrons. The number of aromatic amines is 1. The Kier molecular flexibility index (Phi) is 6.79. The highest BCUT2D eigenvalue weighted by molar-refractivity contribution is 6.00. The summed E-state index contributed by atoms with van der Waals surface area (Å²) in [6, 6.07) is 10.4. The summed E-state index contributed by atoms with van der Waals surface area (Å²) < 4.78 is 0. The van der Waals surface area contributed by atoms with Crippen LogP contribution < -0.4 is 5.32 Å². The van der Waals surface area contributed by atoms with Gasteiger partial charge in [0.05, 0.1) is 22.3 Å². The van der Waals surface area contributed by atoms with Crippen molar-refractivity contribution >= 4 is 39.3 Å². The number of nitrogens with zero attached hydrogens (tertiary/aromatic N) is 6. The van der Waals surface area contributed by atoms with Crippen LogP contribution in [0.25, 0.3) is 39.0 Å². The fourth-order valence-electron chi connectivity index (χ4n) is 5.54. The third-order valence-corrected chi connectivity index (χ3v) is 7.60. The molecule has 1 aromatic carbocycles. The average molecular weight is 505 g/mol. The second-order valence-corrected chi connectivity index (χ2v) is 9.89. The van der Waals surface area contributed by atoms with Gasteiger partial charge in [-0.3, -0.25) is 10.1 Å². The first kappa shape index (κ1) is 24.2. The van der Waals surface area contributed by atoms with Crippen LogP contribution in [0, 0.1) is 0 Å². The van der Waals surface area contributed by atoms with E-state index in [1.807, 2.05) is 12.1 Å². The molecule has 38 heavy (non-hydrogen) atoms. The molecular formula is C30H32N8. The fourth-order valence-corrected chi connectivity index (χ4v) is 5.54. The topological polar surface area (TPSA) is 95.5 Å². The molecule has 8 heteroatoms. The van der Waals surface area contributed by atoms with Crippen molar-refractivity contribution in [3.63, 3.8) is 0 Å². The van der Waals surface area contributed by atoms with Crippen molar-refractivity contribution in [3.8, 4) is 11.3 Å². The molecule has 5 aromatic rings. The molecule has 1 unspecified atom stereocenters. The van der Waals surface area contributed by atoms with Gasteiger partial charge >= 0.3 is 0 Å². The van der Waals surface area contributed by atoms with Crippen molar-refractivity contribution in [2.24, 2.45) is 0 Å². The van der Waals surface area contributed by atoms with E-state index in [1.165, 1.54) is 43.2 Å². The van der Waals surface area contributed by atoms with Crippen molar-refractivity contribution in [3.05, 3.63) is 73.2 Å². The number of rotatable bonds is 6. The summed E-state index contributed by atoms with van der Waals surface area (Å²) in [6.45, 7) is 9.70. The number of hydrogen-bond acceptors (Lipinski definition) is 7. The molecule has 1 aliphatic rings. The maximum atomic E-state index is 4.96. The fraction of sp³-hybridized carbons (Fsp3) is 0.300. The van der Waals surface area contributed by atoms with E-state index in [0.29, 0.717) is 11.7 Å². The summed E-state index contributed by atoms with van der Waals surface area (Å²) in [7, 11) is 0. The summed E-state index contributed by atoms with van der Waals surface area (Å²) >= 11 is 0. The smallest absolute Gasteiger partial charge is 0.141 e.